The molecule has 1 amide bonds. The number of aromatic nitrogens is 1. The number of carbonyl (C=O) groups excluding carboxylic acids is 1. The molecule has 2 rings (SSSR count). The molecule has 0 aliphatic rings. The lowest BCUT2D eigenvalue weighted by molar-refractivity contribution is 0.102. The van der Waals surface area contributed by atoms with Gasteiger partial charge in [0.25, 0.3) is 5.91 Å². The summed E-state index contributed by atoms with van der Waals surface area (Å²) < 4.78 is 27.1. The van der Waals surface area contributed by atoms with Crippen molar-refractivity contribution in [2.45, 2.75) is 0 Å². The minimum absolute atomic E-state index is 0.0560. The molecule has 0 aliphatic carbocycles. The van der Waals surface area contributed by atoms with Crippen LogP contribution in [0.2, 0.25) is 0 Å². The first kappa shape index (κ1) is 14.4. The molecule has 2 aromatic rings. The van der Waals surface area contributed by atoms with Crippen LogP contribution in [-0.4, -0.2) is 17.9 Å². The number of pyridine rings is 1. The normalized spacial score (nSPS) is 9.81. The summed E-state index contributed by atoms with van der Waals surface area (Å²) in [4.78, 5) is 15.7. The Morgan fingerprint density at radius 2 is 2.10 bits per heavy atom. The standard InChI is InChI=1S/C14H10F2N4O/c1-18-13-12(16)10(4-5-19-13)14(21)20-9-2-3-11(15)8(6-9)7-17/h2-6H,1H3,(H,18,19)(H,20,21). The first-order valence-electron chi connectivity index (χ1n) is 5.90. The minimum atomic E-state index is -0.792. The number of hydrogen-bond acceptors (Lipinski definition) is 4. The highest BCUT2D eigenvalue weighted by Gasteiger charge is 2.16. The Kier molecular flexibility index (Phi) is 4.09. The SMILES string of the molecule is CNc1nccc(C(=O)Nc2ccc(F)c(C#N)c2)c1F. The third-order valence-corrected chi connectivity index (χ3v) is 2.72. The number of halogens is 2. The van der Waals surface area contributed by atoms with E-state index in [1.165, 1.54) is 31.4 Å². The zero-order valence-electron chi connectivity index (χ0n) is 10.9. The average molecular weight is 288 g/mol. The number of nitrogens with one attached hydrogen (secondary N) is 2. The first-order valence-corrected chi connectivity index (χ1v) is 5.90. The van der Waals surface area contributed by atoms with Gasteiger partial charge in [-0.1, -0.05) is 0 Å². The fraction of sp³-hybridized carbons (Fsp3) is 0.0714. The number of anilines is 2. The summed E-state index contributed by atoms with van der Waals surface area (Å²) in [6.07, 6.45) is 1.29. The quantitative estimate of drug-likeness (QED) is 0.909. The van der Waals surface area contributed by atoms with Crippen LogP contribution in [0, 0.1) is 23.0 Å². The Balaban J connectivity index is 2.29. The lowest BCUT2D eigenvalue weighted by Gasteiger charge is -2.08. The molecule has 7 heteroatoms. The van der Waals surface area contributed by atoms with Gasteiger partial charge in [0.2, 0.25) is 0 Å². The summed E-state index contributed by atoms with van der Waals surface area (Å²) in [5, 5.41) is 13.6. The molecule has 0 atom stereocenters. The van der Waals surface area contributed by atoms with Crippen LogP contribution in [0.15, 0.2) is 30.5 Å². The van der Waals surface area contributed by atoms with Crippen molar-refractivity contribution < 1.29 is 13.6 Å². The molecule has 0 spiro atoms. The predicted molar refractivity (Wildman–Crippen MR) is 72.8 cm³/mol. The zero-order valence-corrected chi connectivity index (χ0v) is 10.9. The van der Waals surface area contributed by atoms with Gasteiger partial charge in [-0.2, -0.15) is 5.26 Å². The molecule has 0 radical (unpaired) electrons. The van der Waals surface area contributed by atoms with Crippen molar-refractivity contribution in [3.63, 3.8) is 0 Å². The van der Waals surface area contributed by atoms with E-state index in [0.29, 0.717) is 0 Å². The van der Waals surface area contributed by atoms with E-state index in [2.05, 4.69) is 15.6 Å². The van der Waals surface area contributed by atoms with Gasteiger partial charge in [0, 0.05) is 18.9 Å². The largest absolute Gasteiger partial charge is 0.371 e. The zero-order chi connectivity index (χ0) is 15.4. The van der Waals surface area contributed by atoms with Gasteiger partial charge in [0.05, 0.1) is 11.1 Å². The van der Waals surface area contributed by atoms with Crippen molar-refractivity contribution in [1.82, 2.24) is 4.98 Å². The van der Waals surface area contributed by atoms with Gasteiger partial charge in [0.15, 0.2) is 11.6 Å². The van der Waals surface area contributed by atoms with E-state index in [-0.39, 0.29) is 22.6 Å². The molecule has 1 aromatic carbocycles. The van der Waals surface area contributed by atoms with Gasteiger partial charge in [-0.25, -0.2) is 13.8 Å². The fourth-order valence-corrected chi connectivity index (χ4v) is 1.68. The molecular formula is C14H10F2N4O. The van der Waals surface area contributed by atoms with E-state index >= 15 is 0 Å². The van der Waals surface area contributed by atoms with Crippen molar-refractivity contribution in [2.24, 2.45) is 0 Å². The van der Waals surface area contributed by atoms with Gasteiger partial charge in [-0.15, -0.1) is 0 Å². The molecule has 1 aromatic heterocycles. The Labute approximate surface area is 119 Å². The minimum Gasteiger partial charge on any atom is -0.371 e. The molecule has 1 heterocycles. The number of carbonyl (C=O) groups is 1. The van der Waals surface area contributed by atoms with Crippen LogP contribution in [0.5, 0.6) is 0 Å². The van der Waals surface area contributed by atoms with E-state index in [1.807, 2.05) is 0 Å². The highest BCUT2D eigenvalue weighted by Crippen LogP contribution is 2.18. The maximum absolute atomic E-state index is 13.9. The maximum Gasteiger partial charge on any atom is 0.258 e. The van der Waals surface area contributed by atoms with Gasteiger partial charge in [-0.3, -0.25) is 4.79 Å². The molecule has 0 aliphatic heterocycles. The predicted octanol–water partition coefficient (Wildman–Crippen LogP) is 2.53. The second-order valence-electron chi connectivity index (χ2n) is 4.03. The van der Waals surface area contributed by atoms with Crippen LogP contribution >= 0.6 is 0 Å². The number of rotatable bonds is 3. The van der Waals surface area contributed by atoms with Crippen molar-refractivity contribution in [2.75, 3.05) is 17.7 Å². The van der Waals surface area contributed by atoms with Crippen molar-refractivity contribution in [3.05, 3.63) is 53.2 Å². The van der Waals surface area contributed by atoms with Crippen LogP contribution in [-0.2, 0) is 0 Å². The molecule has 5 nitrogen and oxygen atoms in total. The highest BCUT2D eigenvalue weighted by atomic mass is 19.1. The van der Waals surface area contributed by atoms with Gasteiger partial charge < -0.3 is 10.6 Å². The monoisotopic (exact) mass is 288 g/mol. The Morgan fingerprint density at radius 3 is 2.76 bits per heavy atom. The summed E-state index contributed by atoms with van der Waals surface area (Å²) >= 11 is 0. The Morgan fingerprint density at radius 1 is 1.33 bits per heavy atom. The number of nitriles is 1. The first-order chi connectivity index (χ1) is 10.1. The maximum atomic E-state index is 13.9. The molecule has 21 heavy (non-hydrogen) atoms. The lowest BCUT2D eigenvalue weighted by Crippen LogP contribution is -2.15. The number of nitrogens with zero attached hydrogens (tertiary/aromatic N) is 2. The number of hydrogen-bond donors (Lipinski definition) is 2. The van der Waals surface area contributed by atoms with Gasteiger partial charge >= 0.3 is 0 Å². The molecule has 0 unspecified atom stereocenters. The van der Waals surface area contributed by atoms with Crippen LogP contribution in [0.1, 0.15) is 15.9 Å². The van der Waals surface area contributed by atoms with Crippen molar-refractivity contribution in [3.8, 4) is 6.07 Å². The smallest absolute Gasteiger partial charge is 0.258 e. The second kappa shape index (κ2) is 5.96. The molecular weight excluding hydrogens is 278 g/mol. The fourth-order valence-electron chi connectivity index (χ4n) is 1.68. The van der Waals surface area contributed by atoms with E-state index < -0.39 is 17.5 Å². The molecule has 0 fully saturated rings. The van der Waals surface area contributed by atoms with Crippen LogP contribution < -0.4 is 10.6 Å². The third kappa shape index (κ3) is 2.95. The highest BCUT2D eigenvalue weighted by molar-refractivity contribution is 6.04. The van der Waals surface area contributed by atoms with Crippen LogP contribution in [0.3, 0.4) is 0 Å². The molecule has 0 saturated carbocycles. The number of amides is 1. The summed E-state index contributed by atoms with van der Waals surface area (Å²) in [7, 11) is 1.48. The molecule has 0 saturated heterocycles. The average Bonchev–Trinajstić information content (AvgIpc) is 2.49. The van der Waals surface area contributed by atoms with Crippen molar-refractivity contribution in [1.29, 1.82) is 5.26 Å². The van der Waals surface area contributed by atoms with Crippen LogP contribution in [0.4, 0.5) is 20.3 Å². The topological polar surface area (TPSA) is 77.8 Å². The summed E-state index contributed by atoms with van der Waals surface area (Å²) in [6.45, 7) is 0. The Hall–Kier alpha value is -3.01. The summed E-state index contributed by atoms with van der Waals surface area (Å²) in [5.41, 5.74) is -0.226. The van der Waals surface area contributed by atoms with E-state index in [0.717, 1.165) is 6.07 Å². The third-order valence-electron chi connectivity index (χ3n) is 2.72. The number of benzene rings is 1. The van der Waals surface area contributed by atoms with Crippen molar-refractivity contribution >= 4 is 17.4 Å². The van der Waals surface area contributed by atoms with E-state index in [9.17, 15) is 13.6 Å². The van der Waals surface area contributed by atoms with Crippen LogP contribution in [0.25, 0.3) is 0 Å². The molecule has 2 N–H and O–H groups in total. The van der Waals surface area contributed by atoms with E-state index in [1.54, 1.807) is 6.07 Å². The Bertz CT molecular complexity index is 740. The molecule has 106 valence electrons. The summed E-state index contributed by atoms with van der Waals surface area (Å²) in [5.74, 6) is -2.26. The summed E-state index contributed by atoms with van der Waals surface area (Å²) in [6, 6.07) is 6.39. The van der Waals surface area contributed by atoms with Gasteiger partial charge in [-0.05, 0) is 24.3 Å². The lowest BCUT2D eigenvalue weighted by atomic mass is 10.2. The molecule has 0 bridgehead atoms. The van der Waals surface area contributed by atoms with Gasteiger partial charge in [0.1, 0.15) is 11.9 Å². The second-order valence-corrected chi connectivity index (χ2v) is 4.03. The van der Waals surface area contributed by atoms with E-state index in [4.69, 9.17) is 5.26 Å².